The maximum absolute atomic E-state index is 6.17. The number of halogens is 1. The molecule has 2 heterocycles. The molecule has 1 aromatic heterocycles. The van der Waals surface area contributed by atoms with E-state index in [9.17, 15) is 0 Å². The molecule has 8 heteroatoms. The fourth-order valence-electron chi connectivity index (χ4n) is 2.51. The van der Waals surface area contributed by atoms with E-state index in [0.29, 0.717) is 28.5 Å². The first-order chi connectivity index (χ1) is 10.7. The molecule has 0 radical (unpaired) electrons. The van der Waals surface area contributed by atoms with E-state index in [0.717, 1.165) is 35.5 Å². The van der Waals surface area contributed by atoms with Gasteiger partial charge in [0.2, 0.25) is 5.16 Å². The van der Waals surface area contributed by atoms with Gasteiger partial charge in [-0.05, 0) is 25.0 Å². The summed E-state index contributed by atoms with van der Waals surface area (Å²) in [6.45, 7) is 0.789. The van der Waals surface area contributed by atoms with E-state index in [1.165, 1.54) is 11.8 Å². The molecule has 1 saturated carbocycles. The first-order valence-corrected chi connectivity index (χ1v) is 8.44. The Bertz CT molecular complexity index is 717. The van der Waals surface area contributed by atoms with Crippen molar-refractivity contribution in [3.63, 3.8) is 0 Å². The van der Waals surface area contributed by atoms with Gasteiger partial charge in [-0.15, -0.1) is 10.2 Å². The van der Waals surface area contributed by atoms with Crippen molar-refractivity contribution < 1.29 is 9.47 Å². The molecule has 0 unspecified atom stereocenters. The lowest BCUT2D eigenvalue weighted by molar-refractivity contribution is -0.0168. The zero-order valence-corrected chi connectivity index (χ0v) is 13.4. The Labute approximate surface area is 136 Å². The van der Waals surface area contributed by atoms with Gasteiger partial charge in [0.25, 0.3) is 0 Å². The molecular formula is C14H15ClN4O2S. The van der Waals surface area contributed by atoms with Gasteiger partial charge < -0.3 is 15.3 Å². The molecule has 1 aromatic carbocycles. The topological polar surface area (TPSA) is 75.2 Å². The molecule has 116 valence electrons. The molecule has 0 spiro atoms. The van der Waals surface area contributed by atoms with Crippen molar-refractivity contribution in [3.05, 3.63) is 34.1 Å². The van der Waals surface area contributed by atoms with Crippen molar-refractivity contribution >= 4 is 23.4 Å². The van der Waals surface area contributed by atoms with Crippen molar-refractivity contribution in [2.45, 2.75) is 36.3 Å². The number of ether oxygens (including phenoxy) is 2. The van der Waals surface area contributed by atoms with Crippen LogP contribution < -0.4 is 10.6 Å². The molecule has 0 bridgehead atoms. The molecule has 0 amide bonds. The predicted molar refractivity (Wildman–Crippen MR) is 83.4 cm³/mol. The van der Waals surface area contributed by atoms with Crippen molar-refractivity contribution in [2.75, 3.05) is 12.6 Å². The molecule has 2 aliphatic rings. The van der Waals surface area contributed by atoms with Gasteiger partial charge in [0, 0.05) is 27.8 Å². The number of thioether (sulfide) groups is 1. The van der Waals surface area contributed by atoms with Crippen LogP contribution in [0.3, 0.4) is 0 Å². The molecule has 2 N–H and O–H groups in total. The summed E-state index contributed by atoms with van der Waals surface area (Å²) in [6.07, 6.45) is 2.30. The molecule has 6 nitrogen and oxygen atoms in total. The number of hydrogen-bond donors (Lipinski definition) is 1. The average molecular weight is 339 g/mol. The number of aromatic nitrogens is 3. The lowest BCUT2D eigenvalue weighted by Gasteiger charge is -2.20. The van der Waals surface area contributed by atoms with Gasteiger partial charge in [0.05, 0.1) is 6.61 Å². The molecule has 0 saturated heterocycles. The van der Waals surface area contributed by atoms with E-state index in [1.807, 2.05) is 12.1 Å². The van der Waals surface area contributed by atoms with Gasteiger partial charge >= 0.3 is 0 Å². The fraction of sp³-hybridized carbons (Fsp3) is 0.429. The minimum absolute atomic E-state index is 0.269. The highest BCUT2D eigenvalue weighted by Crippen LogP contribution is 2.40. The average Bonchev–Trinajstić information content (AvgIpc) is 3.29. The van der Waals surface area contributed by atoms with Gasteiger partial charge in [-0.25, -0.2) is 4.68 Å². The van der Waals surface area contributed by atoms with Crippen LogP contribution in [-0.4, -0.2) is 21.7 Å². The van der Waals surface area contributed by atoms with Gasteiger partial charge in [-0.1, -0.05) is 23.4 Å². The summed E-state index contributed by atoms with van der Waals surface area (Å²) in [6, 6.07) is 3.79. The Balaban J connectivity index is 1.55. The number of nitrogens with zero attached hydrogens (tertiary/aromatic N) is 3. The molecule has 0 atom stereocenters. The van der Waals surface area contributed by atoms with E-state index in [-0.39, 0.29) is 6.79 Å². The second-order valence-corrected chi connectivity index (χ2v) is 6.82. The summed E-state index contributed by atoms with van der Waals surface area (Å²) in [5, 5.41) is 9.75. The third-order valence-electron chi connectivity index (χ3n) is 3.74. The number of nitrogens with two attached hydrogens (primary N) is 1. The van der Waals surface area contributed by atoms with Gasteiger partial charge in [-0.2, -0.15) is 0 Å². The van der Waals surface area contributed by atoms with E-state index in [2.05, 4.69) is 10.2 Å². The molecule has 22 heavy (non-hydrogen) atoms. The third-order valence-corrected chi connectivity index (χ3v) is 4.95. The largest absolute Gasteiger partial charge is 0.467 e. The molecule has 1 fully saturated rings. The monoisotopic (exact) mass is 338 g/mol. The second kappa shape index (κ2) is 5.64. The van der Waals surface area contributed by atoms with Gasteiger partial charge in [-0.3, -0.25) is 0 Å². The first kappa shape index (κ1) is 14.2. The van der Waals surface area contributed by atoms with Crippen LogP contribution in [0, 0.1) is 0 Å². The minimum atomic E-state index is 0.269. The molecule has 1 aliphatic heterocycles. The maximum Gasteiger partial charge on any atom is 0.210 e. The number of nitrogen functional groups attached to an aromatic ring is 1. The van der Waals surface area contributed by atoms with Gasteiger partial charge in [0.1, 0.15) is 5.75 Å². The zero-order chi connectivity index (χ0) is 15.1. The molecule has 1 aliphatic carbocycles. The van der Waals surface area contributed by atoms with Crippen molar-refractivity contribution in [3.8, 4) is 5.75 Å². The van der Waals surface area contributed by atoms with E-state index < -0.39 is 0 Å². The van der Waals surface area contributed by atoms with Crippen molar-refractivity contribution in [2.24, 2.45) is 0 Å². The van der Waals surface area contributed by atoms with Crippen LogP contribution >= 0.6 is 23.4 Å². The molecule has 4 rings (SSSR count). The highest BCUT2D eigenvalue weighted by atomic mass is 35.5. The number of hydrogen-bond acceptors (Lipinski definition) is 6. The Kier molecular flexibility index (Phi) is 3.63. The van der Waals surface area contributed by atoms with E-state index >= 15 is 0 Å². The number of rotatable bonds is 4. The Hall–Kier alpha value is -1.44. The van der Waals surface area contributed by atoms with E-state index in [1.54, 1.807) is 4.68 Å². The number of fused-ring (bicyclic) bond motifs is 1. The summed E-state index contributed by atoms with van der Waals surface area (Å²) in [7, 11) is 0. The highest BCUT2D eigenvalue weighted by Gasteiger charge is 2.30. The summed E-state index contributed by atoms with van der Waals surface area (Å²) in [4.78, 5) is 0. The molecule has 2 aromatic rings. The fourth-order valence-corrected chi connectivity index (χ4v) is 3.61. The van der Waals surface area contributed by atoms with Crippen LogP contribution in [0.2, 0.25) is 5.02 Å². The smallest absolute Gasteiger partial charge is 0.210 e. The number of benzene rings is 1. The summed E-state index contributed by atoms with van der Waals surface area (Å²) < 4.78 is 12.5. The Morgan fingerprint density at radius 3 is 3.05 bits per heavy atom. The van der Waals surface area contributed by atoms with Crippen molar-refractivity contribution in [1.82, 2.24) is 14.9 Å². The van der Waals surface area contributed by atoms with Crippen LogP contribution in [0.25, 0.3) is 0 Å². The second-order valence-electron chi connectivity index (χ2n) is 5.44. The van der Waals surface area contributed by atoms with E-state index in [4.69, 9.17) is 26.9 Å². The first-order valence-electron chi connectivity index (χ1n) is 7.07. The highest BCUT2D eigenvalue weighted by molar-refractivity contribution is 7.98. The quantitative estimate of drug-likeness (QED) is 0.682. The Morgan fingerprint density at radius 2 is 2.23 bits per heavy atom. The van der Waals surface area contributed by atoms with Crippen LogP contribution in [0.4, 0.5) is 0 Å². The lowest BCUT2D eigenvalue weighted by atomic mass is 10.1. The van der Waals surface area contributed by atoms with Crippen LogP contribution in [0.5, 0.6) is 5.75 Å². The summed E-state index contributed by atoms with van der Waals surface area (Å²) >= 11 is 7.70. The predicted octanol–water partition coefficient (Wildman–Crippen LogP) is 2.68. The maximum atomic E-state index is 6.17. The standard InChI is InChI=1S/C14H15ClN4O2S/c15-11-3-9-5-20-7-21-12(9)10(4-11)6-22-14-18-17-13(19(14)16)8-1-2-8/h3-4,8H,1-2,5-7,16H2. The Morgan fingerprint density at radius 1 is 1.36 bits per heavy atom. The van der Waals surface area contributed by atoms with Crippen LogP contribution in [0.1, 0.15) is 35.7 Å². The SMILES string of the molecule is Nn1c(SCc2cc(Cl)cc3c2OCOC3)nnc1C1CC1. The minimum Gasteiger partial charge on any atom is -0.467 e. The summed E-state index contributed by atoms with van der Waals surface area (Å²) in [5.41, 5.74) is 1.99. The van der Waals surface area contributed by atoms with Crippen LogP contribution in [-0.2, 0) is 17.1 Å². The van der Waals surface area contributed by atoms with Crippen LogP contribution in [0.15, 0.2) is 17.3 Å². The lowest BCUT2D eigenvalue weighted by Crippen LogP contribution is -2.14. The molecular weight excluding hydrogens is 324 g/mol. The van der Waals surface area contributed by atoms with Gasteiger partial charge in [0.15, 0.2) is 12.6 Å². The zero-order valence-electron chi connectivity index (χ0n) is 11.8. The van der Waals surface area contributed by atoms with Crippen molar-refractivity contribution in [1.29, 1.82) is 0 Å². The normalized spacial score (nSPS) is 17.1. The third kappa shape index (κ3) is 2.64. The summed E-state index contributed by atoms with van der Waals surface area (Å²) in [5.74, 6) is 8.95.